The van der Waals surface area contributed by atoms with E-state index in [0.29, 0.717) is 0 Å². The molecule has 0 saturated carbocycles. The van der Waals surface area contributed by atoms with E-state index in [1.807, 2.05) is 12.1 Å². The number of nitriles is 1. The van der Waals surface area contributed by atoms with E-state index in [4.69, 9.17) is 10.7 Å². The van der Waals surface area contributed by atoms with Crippen LogP contribution in [0.2, 0.25) is 0 Å². The van der Waals surface area contributed by atoms with Crippen molar-refractivity contribution in [3.05, 3.63) is 29.4 Å². The summed E-state index contributed by atoms with van der Waals surface area (Å²) in [5, 5.41) is 15.3. The molecule has 0 amide bonds. The van der Waals surface area contributed by atoms with E-state index in [9.17, 15) is 0 Å². The van der Waals surface area contributed by atoms with Gasteiger partial charge in [-0.25, -0.2) is 0 Å². The van der Waals surface area contributed by atoms with Gasteiger partial charge in [0.15, 0.2) is 0 Å². The number of hydrogen-bond donors (Lipinski definition) is 1. The highest BCUT2D eigenvalue weighted by atomic mass is 14.3. The third-order valence-electron chi connectivity index (χ3n) is 2.05. The van der Waals surface area contributed by atoms with E-state index in [0.717, 1.165) is 12.8 Å². The number of hydrogen-bond acceptors (Lipinski definition) is 2. The quantitative estimate of drug-likeness (QED) is 0.388. The highest BCUT2D eigenvalue weighted by molar-refractivity contribution is 5.65. The Hall–Kier alpha value is -1.58. The first-order chi connectivity index (χ1) is 6.36. The van der Waals surface area contributed by atoms with Gasteiger partial charge in [-0.05, 0) is 37.6 Å². The zero-order valence-electron chi connectivity index (χ0n) is 7.51. The fraction of sp³-hybridized carbons (Fsp3) is 0.364. The van der Waals surface area contributed by atoms with Crippen LogP contribution in [0.1, 0.15) is 25.7 Å². The average molecular weight is 172 g/mol. The van der Waals surface area contributed by atoms with Crippen LogP contribution in [0.4, 0.5) is 0 Å². The number of nitrogens with zero attached hydrogens (tertiary/aromatic N) is 1. The Labute approximate surface area is 78.4 Å². The summed E-state index contributed by atoms with van der Waals surface area (Å²) in [6.45, 7) is 0. The van der Waals surface area contributed by atoms with E-state index in [1.165, 1.54) is 18.4 Å². The third kappa shape index (κ3) is 3.11. The van der Waals surface area contributed by atoms with Crippen LogP contribution in [0.15, 0.2) is 29.4 Å². The lowest BCUT2D eigenvalue weighted by atomic mass is 9.99. The summed E-state index contributed by atoms with van der Waals surface area (Å²) in [7, 11) is 0. The summed E-state index contributed by atoms with van der Waals surface area (Å²) >= 11 is 0. The molecule has 0 spiro atoms. The van der Waals surface area contributed by atoms with E-state index in [-0.39, 0.29) is 5.57 Å². The molecule has 1 N–H and O–H groups in total. The molecule has 1 aliphatic carbocycles. The van der Waals surface area contributed by atoms with Crippen molar-refractivity contribution in [2.75, 3.05) is 0 Å². The van der Waals surface area contributed by atoms with Crippen LogP contribution in [-0.2, 0) is 0 Å². The first-order valence-corrected chi connectivity index (χ1v) is 4.43. The van der Waals surface area contributed by atoms with Crippen LogP contribution in [0.5, 0.6) is 0 Å². The largest absolute Gasteiger partial charge is 0.258 e. The van der Waals surface area contributed by atoms with Gasteiger partial charge in [-0.3, -0.25) is 5.41 Å². The fourth-order valence-corrected chi connectivity index (χ4v) is 1.31. The molecule has 1 aliphatic rings. The zero-order valence-corrected chi connectivity index (χ0v) is 7.51. The second-order valence-electron chi connectivity index (χ2n) is 3.01. The van der Waals surface area contributed by atoms with E-state index in [2.05, 4.69) is 11.9 Å². The molecule has 0 unspecified atom stereocenters. The summed E-state index contributed by atoms with van der Waals surface area (Å²) in [5.41, 5.74) is 1.56. The second-order valence-corrected chi connectivity index (χ2v) is 3.01. The standard InChI is InChI=1S/C11H12N2/c12-8-11(9-13)7-6-10-4-2-1-3-5-10/h4,6-7,12H,1-3,5H2/b7-6+. The van der Waals surface area contributed by atoms with Gasteiger partial charge in [-0.15, -0.1) is 0 Å². The Kier molecular flexibility index (Phi) is 3.75. The summed E-state index contributed by atoms with van der Waals surface area (Å²) in [6, 6.07) is 1.90. The number of rotatable bonds is 2. The molecule has 0 aromatic carbocycles. The van der Waals surface area contributed by atoms with Gasteiger partial charge in [-0.2, -0.15) is 5.26 Å². The maximum absolute atomic E-state index is 8.52. The first-order valence-electron chi connectivity index (χ1n) is 4.43. The maximum Gasteiger partial charge on any atom is 0.113 e. The molecule has 66 valence electrons. The predicted octanol–water partition coefficient (Wildman–Crippen LogP) is 2.74. The van der Waals surface area contributed by atoms with E-state index >= 15 is 0 Å². The molecular formula is C11H12N2. The van der Waals surface area contributed by atoms with Crippen LogP contribution in [0, 0.1) is 16.7 Å². The molecule has 0 heterocycles. The van der Waals surface area contributed by atoms with Crippen molar-refractivity contribution < 1.29 is 0 Å². The van der Waals surface area contributed by atoms with Gasteiger partial charge in [0.2, 0.25) is 0 Å². The van der Waals surface area contributed by atoms with Crippen LogP contribution in [0.25, 0.3) is 0 Å². The van der Waals surface area contributed by atoms with Gasteiger partial charge >= 0.3 is 0 Å². The molecule has 0 aromatic heterocycles. The van der Waals surface area contributed by atoms with Crippen LogP contribution in [-0.4, -0.2) is 5.87 Å². The fourth-order valence-electron chi connectivity index (χ4n) is 1.31. The van der Waals surface area contributed by atoms with Crippen molar-refractivity contribution in [1.29, 1.82) is 10.7 Å². The first kappa shape index (κ1) is 9.51. The van der Waals surface area contributed by atoms with Gasteiger partial charge < -0.3 is 0 Å². The summed E-state index contributed by atoms with van der Waals surface area (Å²) in [4.78, 5) is 0. The van der Waals surface area contributed by atoms with Crippen LogP contribution in [0.3, 0.4) is 0 Å². The van der Waals surface area contributed by atoms with Gasteiger partial charge in [0.05, 0.1) is 0 Å². The van der Waals surface area contributed by atoms with Crippen molar-refractivity contribution >= 4 is 5.87 Å². The van der Waals surface area contributed by atoms with Gasteiger partial charge in [-0.1, -0.05) is 17.7 Å². The van der Waals surface area contributed by atoms with Crippen molar-refractivity contribution in [3.63, 3.8) is 0 Å². The molecule has 1 rings (SSSR count). The minimum atomic E-state index is 0.284. The topological polar surface area (TPSA) is 47.6 Å². The summed E-state index contributed by atoms with van der Waals surface area (Å²) in [5.74, 6) is 2.08. The molecule has 0 aromatic rings. The van der Waals surface area contributed by atoms with Crippen molar-refractivity contribution in [3.8, 4) is 6.07 Å². The minimum Gasteiger partial charge on any atom is -0.258 e. The van der Waals surface area contributed by atoms with Gasteiger partial charge in [0, 0.05) is 0 Å². The van der Waals surface area contributed by atoms with E-state index < -0.39 is 0 Å². The third-order valence-corrected chi connectivity index (χ3v) is 2.05. The van der Waals surface area contributed by atoms with Crippen LogP contribution < -0.4 is 0 Å². The Morgan fingerprint density at radius 3 is 2.92 bits per heavy atom. The molecular weight excluding hydrogens is 160 g/mol. The van der Waals surface area contributed by atoms with Gasteiger partial charge in [0.25, 0.3) is 0 Å². The average Bonchev–Trinajstić information content (AvgIpc) is 2.21. The molecule has 0 radical (unpaired) electrons. The SMILES string of the molecule is N#CC(=C=N)/C=C/C1=CCCCC1. The molecule has 0 aliphatic heterocycles. The number of allylic oxidation sites excluding steroid dienone is 5. The molecule has 0 atom stereocenters. The molecule has 2 nitrogen and oxygen atoms in total. The van der Waals surface area contributed by atoms with E-state index in [1.54, 1.807) is 6.08 Å². The summed E-state index contributed by atoms with van der Waals surface area (Å²) in [6.07, 6.45) is 10.5. The highest BCUT2D eigenvalue weighted by Gasteiger charge is 1.99. The maximum atomic E-state index is 8.52. The van der Waals surface area contributed by atoms with Gasteiger partial charge in [0.1, 0.15) is 11.6 Å². The number of nitrogens with one attached hydrogen (secondary N) is 1. The Bertz CT molecular complexity index is 322. The molecule has 0 bridgehead atoms. The van der Waals surface area contributed by atoms with Crippen LogP contribution >= 0.6 is 0 Å². The highest BCUT2D eigenvalue weighted by Crippen LogP contribution is 2.18. The normalized spacial score (nSPS) is 16.1. The molecule has 0 fully saturated rings. The Morgan fingerprint density at radius 1 is 1.54 bits per heavy atom. The van der Waals surface area contributed by atoms with Crippen molar-refractivity contribution in [2.24, 2.45) is 0 Å². The zero-order chi connectivity index (χ0) is 9.52. The second kappa shape index (κ2) is 5.13. The summed E-state index contributed by atoms with van der Waals surface area (Å²) < 4.78 is 0. The molecule has 2 heteroatoms. The lowest BCUT2D eigenvalue weighted by Crippen LogP contribution is -1.88. The monoisotopic (exact) mass is 172 g/mol. The van der Waals surface area contributed by atoms with Crippen molar-refractivity contribution in [1.82, 2.24) is 0 Å². The lowest BCUT2D eigenvalue weighted by molar-refractivity contribution is 0.712. The lowest BCUT2D eigenvalue weighted by Gasteiger charge is -2.07. The molecule has 0 saturated heterocycles. The Balaban J connectivity index is 2.62. The van der Waals surface area contributed by atoms with Crippen molar-refractivity contribution in [2.45, 2.75) is 25.7 Å². The molecule has 13 heavy (non-hydrogen) atoms. The minimum absolute atomic E-state index is 0.284. The predicted molar refractivity (Wildman–Crippen MR) is 52.5 cm³/mol. The Morgan fingerprint density at radius 2 is 2.38 bits per heavy atom. The smallest absolute Gasteiger partial charge is 0.113 e.